The molecule has 1 unspecified atom stereocenters. The molecule has 2 rings (SSSR count). The highest BCUT2D eigenvalue weighted by Gasteiger charge is 2.30. The lowest BCUT2D eigenvalue weighted by Gasteiger charge is -2.39. The molecule has 0 radical (unpaired) electrons. The van der Waals surface area contributed by atoms with Crippen LogP contribution in [-0.2, 0) is 4.79 Å². The predicted octanol–water partition coefficient (Wildman–Crippen LogP) is 1.33. The zero-order valence-electron chi connectivity index (χ0n) is 16.2. The molecule has 1 amide bonds. The number of unbranched alkanes of at least 4 members (excludes halogenated alkanes) is 1. The minimum atomic E-state index is 0.00164. The predicted molar refractivity (Wildman–Crippen MR) is 107 cm³/mol. The van der Waals surface area contributed by atoms with Crippen molar-refractivity contribution in [2.75, 3.05) is 64.9 Å². The molecular formula is C18H35N5OS. The zero-order chi connectivity index (χ0) is 18.1. The fraction of sp³-hybridized carbons (Fsp3) is 0.889. The van der Waals surface area contributed by atoms with Crippen LogP contribution in [0.2, 0.25) is 0 Å². The van der Waals surface area contributed by atoms with Crippen LogP contribution in [0, 0.1) is 0 Å². The molecule has 2 heterocycles. The van der Waals surface area contributed by atoms with E-state index in [4.69, 9.17) is 0 Å². The van der Waals surface area contributed by atoms with Crippen LogP contribution in [0.4, 0.5) is 0 Å². The van der Waals surface area contributed by atoms with Gasteiger partial charge in [-0.3, -0.25) is 14.7 Å². The van der Waals surface area contributed by atoms with Crippen LogP contribution in [0.25, 0.3) is 0 Å². The second-order valence-corrected chi connectivity index (χ2v) is 7.89. The van der Waals surface area contributed by atoms with E-state index >= 15 is 0 Å². The second-order valence-electron chi connectivity index (χ2n) is 6.91. The Kier molecular flexibility index (Phi) is 8.89. The number of hydrogen-bond donors (Lipinski definition) is 1. The highest BCUT2D eigenvalue weighted by atomic mass is 32.2. The number of carbonyl (C=O) groups is 1. The number of likely N-dealkylation sites (tertiary alicyclic amines) is 1. The Labute approximate surface area is 157 Å². The summed E-state index contributed by atoms with van der Waals surface area (Å²) in [5.74, 6) is 2.53. The van der Waals surface area contributed by atoms with Gasteiger partial charge in [0.05, 0.1) is 6.04 Å². The van der Waals surface area contributed by atoms with Gasteiger partial charge in [-0.2, -0.15) is 11.8 Å². The Balaban J connectivity index is 1.72. The maximum atomic E-state index is 12.6. The molecule has 0 aliphatic carbocycles. The van der Waals surface area contributed by atoms with E-state index < -0.39 is 0 Å². The molecule has 1 N–H and O–H groups in total. The van der Waals surface area contributed by atoms with Gasteiger partial charge in [0.1, 0.15) is 0 Å². The number of piperazine rings is 1. The van der Waals surface area contributed by atoms with Crippen molar-refractivity contribution in [3.05, 3.63) is 0 Å². The summed E-state index contributed by atoms with van der Waals surface area (Å²) in [4.78, 5) is 23.7. The minimum absolute atomic E-state index is 0.00164. The van der Waals surface area contributed by atoms with Crippen LogP contribution < -0.4 is 5.32 Å². The molecule has 0 bridgehead atoms. The van der Waals surface area contributed by atoms with Crippen LogP contribution in [0.1, 0.15) is 32.6 Å². The van der Waals surface area contributed by atoms with Crippen molar-refractivity contribution in [1.29, 1.82) is 0 Å². The van der Waals surface area contributed by atoms with Crippen LogP contribution >= 0.6 is 11.8 Å². The van der Waals surface area contributed by atoms with Crippen molar-refractivity contribution in [3.8, 4) is 0 Å². The van der Waals surface area contributed by atoms with E-state index in [1.807, 2.05) is 23.7 Å². The number of rotatable bonds is 7. The van der Waals surface area contributed by atoms with Crippen LogP contribution in [0.5, 0.6) is 0 Å². The molecule has 1 atom stereocenters. The molecule has 6 nitrogen and oxygen atoms in total. The smallest absolute Gasteiger partial charge is 0.239 e. The summed E-state index contributed by atoms with van der Waals surface area (Å²) >= 11 is 1.90. The van der Waals surface area contributed by atoms with Crippen LogP contribution in [0.3, 0.4) is 0 Å². The number of hydrogen-bond acceptors (Lipinski definition) is 4. The molecule has 2 saturated heterocycles. The van der Waals surface area contributed by atoms with Crippen molar-refractivity contribution < 1.29 is 4.79 Å². The van der Waals surface area contributed by atoms with Gasteiger partial charge < -0.3 is 15.1 Å². The van der Waals surface area contributed by atoms with Gasteiger partial charge in [0.25, 0.3) is 0 Å². The number of carbonyl (C=O) groups excluding carboxylic acids is 1. The Morgan fingerprint density at radius 2 is 1.76 bits per heavy atom. The maximum Gasteiger partial charge on any atom is 0.239 e. The summed E-state index contributed by atoms with van der Waals surface area (Å²) in [6, 6.07) is 0.00164. The molecule has 25 heavy (non-hydrogen) atoms. The first-order valence-electron chi connectivity index (χ1n) is 9.64. The third-order valence-corrected chi connectivity index (χ3v) is 5.90. The van der Waals surface area contributed by atoms with Gasteiger partial charge in [0.15, 0.2) is 5.96 Å². The molecule has 2 aliphatic rings. The van der Waals surface area contributed by atoms with E-state index in [-0.39, 0.29) is 6.04 Å². The molecule has 2 aliphatic heterocycles. The van der Waals surface area contributed by atoms with Crippen molar-refractivity contribution in [1.82, 2.24) is 20.0 Å². The number of amides is 1. The summed E-state index contributed by atoms with van der Waals surface area (Å²) in [7, 11) is 1.86. The summed E-state index contributed by atoms with van der Waals surface area (Å²) in [5, 5.41) is 3.48. The van der Waals surface area contributed by atoms with Crippen molar-refractivity contribution in [2.24, 2.45) is 4.99 Å². The summed E-state index contributed by atoms with van der Waals surface area (Å²) in [6.45, 7) is 8.64. The van der Waals surface area contributed by atoms with Crippen LogP contribution in [0.15, 0.2) is 4.99 Å². The lowest BCUT2D eigenvalue weighted by Crippen LogP contribution is -2.57. The topological polar surface area (TPSA) is 51.2 Å². The summed E-state index contributed by atoms with van der Waals surface area (Å²) in [6.07, 6.45) is 6.90. The van der Waals surface area contributed by atoms with Gasteiger partial charge >= 0.3 is 0 Å². The van der Waals surface area contributed by atoms with Gasteiger partial charge in [-0.05, 0) is 44.6 Å². The molecule has 144 valence electrons. The Bertz CT molecular complexity index is 431. The van der Waals surface area contributed by atoms with E-state index in [9.17, 15) is 4.79 Å². The van der Waals surface area contributed by atoms with Gasteiger partial charge in [-0.15, -0.1) is 0 Å². The third-order valence-electron chi connectivity index (χ3n) is 5.21. The second kappa shape index (κ2) is 10.9. The molecule has 0 aromatic rings. The van der Waals surface area contributed by atoms with Gasteiger partial charge in [-0.25, -0.2) is 0 Å². The maximum absolute atomic E-state index is 12.6. The number of aliphatic imine (C=N–C) groups is 1. The highest BCUT2D eigenvalue weighted by Crippen LogP contribution is 2.14. The first-order valence-corrected chi connectivity index (χ1v) is 11.0. The Morgan fingerprint density at radius 1 is 1.08 bits per heavy atom. The van der Waals surface area contributed by atoms with E-state index in [2.05, 4.69) is 33.3 Å². The molecule has 7 heteroatoms. The first-order chi connectivity index (χ1) is 12.2. The molecular weight excluding hydrogens is 334 g/mol. The molecule has 0 aromatic carbocycles. The third kappa shape index (κ3) is 6.06. The van der Waals surface area contributed by atoms with Gasteiger partial charge in [0.2, 0.25) is 5.91 Å². The van der Waals surface area contributed by atoms with E-state index in [0.717, 1.165) is 64.6 Å². The molecule has 0 saturated carbocycles. The van der Waals surface area contributed by atoms with E-state index in [0.29, 0.717) is 5.91 Å². The lowest BCUT2D eigenvalue weighted by atomic mass is 10.2. The van der Waals surface area contributed by atoms with Crippen molar-refractivity contribution in [3.63, 3.8) is 0 Å². The Morgan fingerprint density at radius 3 is 2.36 bits per heavy atom. The number of guanidine groups is 1. The number of nitrogens with one attached hydrogen (secondary N) is 1. The fourth-order valence-electron chi connectivity index (χ4n) is 3.58. The lowest BCUT2D eigenvalue weighted by molar-refractivity contribution is -0.135. The average Bonchev–Trinajstić information content (AvgIpc) is 3.18. The van der Waals surface area contributed by atoms with E-state index in [1.165, 1.54) is 18.6 Å². The summed E-state index contributed by atoms with van der Waals surface area (Å²) < 4.78 is 0. The zero-order valence-corrected chi connectivity index (χ0v) is 17.0. The minimum Gasteiger partial charge on any atom is -0.356 e. The average molecular weight is 370 g/mol. The van der Waals surface area contributed by atoms with Crippen molar-refractivity contribution in [2.45, 2.75) is 38.6 Å². The number of thioether (sulfide) groups is 1. The largest absolute Gasteiger partial charge is 0.356 e. The molecule has 0 spiro atoms. The summed E-state index contributed by atoms with van der Waals surface area (Å²) in [5.41, 5.74) is 0. The highest BCUT2D eigenvalue weighted by molar-refractivity contribution is 7.98. The van der Waals surface area contributed by atoms with Crippen molar-refractivity contribution >= 4 is 23.6 Å². The first kappa shape index (κ1) is 20.4. The SMILES string of the molecule is CN=C(NCCCCSC)N1CCN(C(C)C(=O)N2CCCC2)CC1. The van der Waals surface area contributed by atoms with Gasteiger partial charge in [0, 0.05) is 52.9 Å². The Hall–Kier alpha value is -0.950. The quantitative estimate of drug-likeness (QED) is 0.417. The van der Waals surface area contributed by atoms with Gasteiger partial charge in [-0.1, -0.05) is 0 Å². The van der Waals surface area contributed by atoms with Crippen LogP contribution in [-0.4, -0.2) is 97.5 Å². The molecule has 0 aromatic heterocycles. The normalized spacial score (nSPS) is 20.8. The number of nitrogens with zero attached hydrogens (tertiary/aromatic N) is 4. The monoisotopic (exact) mass is 369 g/mol. The standard InChI is InChI=1S/C18H35N5OS/c1-16(17(24)22-9-5-6-10-22)21-11-13-23(14-12-21)18(19-2)20-8-4-7-15-25-3/h16H,4-15H2,1-3H3,(H,19,20). The molecule has 2 fully saturated rings. The van der Waals surface area contributed by atoms with E-state index in [1.54, 1.807) is 0 Å². The fourth-order valence-corrected chi connectivity index (χ4v) is 4.08.